The predicted molar refractivity (Wildman–Crippen MR) is 168 cm³/mol. The summed E-state index contributed by atoms with van der Waals surface area (Å²) >= 11 is 0. The molecule has 1 aliphatic heterocycles. The van der Waals surface area contributed by atoms with E-state index >= 15 is 0 Å². The molecular formula is C34H53N3O7. The SMILES string of the molecule is CC[C@H](C)C[C@@H](O)CC(=O)N[C@H](C(=O)C(C)C(=O)N[C@@H](CC(C)C)C(=O)N1CCC[C@H]1C(=O)OCc1ccccc1)C(C)C. The molecule has 3 N–H and O–H groups in total. The van der Waals surface area contributed by atoms with Gasteiger partial charge in [0, 0.05) is 6.54 Å². The van der Waals surface area contributed by atoms with Crippen LogP contribution in [-0.4, -0.2) is 70.3 Å². The lowest BCUT2D eigenvalue weighted by atomic mass is 9.90. The molecule has 246 valence electrons. The number of ketones is 1. The Morgan fingerprint density at radius 2 is 1.64 bits per heavy atom. The number of carbonyl (C=O) groups is 5. The fourth-order valence-corrected chi connectivity index (χ4v) is 5.42. The van der Waals surface area contributed by atoms with Crippen LogP contribution in [-0.2, 0) is 35.3 Å². The fourth-order valence-electron chi connectivity index (χ4n) is 5.42. The average Bonchev–Trinajstić information content (AvgIpc) is 3.47. The summed E-state index contributed by atoms with van der Waals surface area (Å²) in [5.41, 5.74) is 0.846. The molecule has 0 spiro atoms. The van der Waals surface area contributed by atoms with Crippen LogP contribution in [0.2, 0.25) is 0 Å². The van der Waals surface area contributed by atoms with Gasteiger partial charge in [-0.1, -0.05) is 78.3 Å². The lowest BCUT2D eigenvalue weighted by Crippen LogP contribution is -2.55. The Balaban J connectivity index is 2.07. The summed E-state index contributed by atoms with van der Waals surface area (Å²) in [6, 6.07) is 6.70. The largest absolute Gasteiger partial charge is 0.459 e. The molecule has 3 amide bonds. The number of ether oxygens (including phenoxy) is 1. The van der Waals surface area contributed by atoms with Crippen LogP contribution in [0.1, 0.15) is 92.6 Å². The second-order valence-corrected chi connectivity index (χ2v) is 13.0. The maximum atomic E-state index is 13.7. The number of carbonyl (C=O) groups excluding carboxylic acids is 5. The second kappa shape index (κ2) is 17.9. The predicted octanol–water partition coefficient (Wildman–Crippen LogP) is 3.78. The van der Waals surface area contributed by atoms with Gasteiger partial charge in [0.15, 0.2) is 5.78 Å². The highest BCUT2D eigenvalue weighted by Crippen LogP contribution is 2.22. The van der Waals surface area contributed by atoms with Gasteiger partial charge in [-0.05, 0) is 55.9 Å². The smallest absolute Gasteiger partial charge is 0.329 e. The fraction of sp³-hybridized carbons (Fsp3) is 0.676. The highest BCUT2D eigenvalue weighted by molar-refractivity contribution is 6.05. The van der Waals surface area contributed by atoms with Crippen molar-refractivity contribution in [1.82, 2.24) is 15.5 Å². The van der Waals surface area contributed by atoms with Gasteiger partial charge < -0.3 is 25.4 Å². The topological polar surface area (TPSA) is 142 Å². The Hall–Kier alpha value is -3.27. The lowest BCUT2D eigenvalue weighted by molar-refractivity contribution is -0.155. The molecule has 0 bridgehead atoms. The van der Waals surface area contributed by atoms with E-state index in [2.05, 4.69) is 10.6 Å². The van der Waals surface area contributed by atoms with Gasteiger partial charge in [-0.3, -0.25) is 19.2 Å². The van der Waals surface area contributed by atoms with Crippen LogP contribution in [0.3, 0.4) is 0 Å². The number of amides is 3. The van der Waals surface area contributed by atoms with E-state index in [1.807, 2.05) is 58.0 Å². The van der Waals surface area contributed by atoms with Crippen molar-refractivity contribution in [3.05, 3.63) is 35.9 Å². The first-order chi connectivity index (χ1) is 20.7. The van der Waals surface area contributed by atoms with Crippen molar-refractivity contribution in [3.8, 4) is 0 Å². The van der Waals surface area contributed by atoms with Crippen molar-refractivity contribution in [2.75, 3.05) is 6.54 Å². The number of aliphatic hydroxyl groups excluding tert-OH is 1. The third-order valence-electron chi connectivity index (χ3n) is 8.26. The normalized spacial score (nSPS) is 18.3. The molecule has 1 heterocycles. The van der Waals surface area contributed by atoms with Crippen LogP contribution in [0.4, 0.5) is 0 Å². The standard InChI is InChI=1S/C34H53N3O7/c1-8-23(6)18-26(38)19-29(39)36-30(22(4)5)31(40)24(7)32(41)35-27(17-21(2)3)33(42)37-16-12-15-28(37)34(43)44-20-25-13-10-9-11-14-25/h9-11,13-14,21-24,26-28,30,38H,8,12,15-20H2,1-7H3,(H,35,41)(H,36,39)/t23-,24?,26+,27-,28-,30-/m0/s1. The number of nitrogens with zero attached hydrogens (tertiary/aromatic N) is 1. The molecule has 44 heavy (non-hydrogen) atoms. The summed E-state index contributed by atoms with van der Waals surface area (Å²) in [4.78, 5) is 67.6. The Bertz CT molecular complexity index is 1110. The van der Waals surface area contributed by atoms with Gasteiger partial charge in [-0.2, -0.15) is 0 Å². The summed E-state index contributed by atoms with van der Waals surface area (Å²) in [7, 11) is 0. The average molecular weight is 616 g/mol. The third-order valence-corrected chi connectivity index (χ3v) is 8.26. The molecule has 1 unspecified atom stereocenters. The van der Waals surface area contributed by atoms with E-state index in [1.165, 1.54) is 11.8 Å². The zero-order valence-corrected chi connectivity index (χ0v) is 27.5. The van der Waals surface area contributed by atoms with Crippen LogP contribution >= 0.6 is 0 Å². The lowest BCUT2D eigenvalue weighted by Gasteiger charge is -2.30. The van der Waals surface area contributed by atoms with Crippen LogP contribution in [0, 0.1) is 23.7 Å². The van der Waals surface area contributed by atoms with E-state index in [0.717, 1.165) is 12.0 Å². The van der Waals surface area contributed by atoms with Crippen molar-refractivity contribution in [2.24, 2.45) is 23.7 Å². The summed E-state index contributed by atoms with van der Waals surface area (Å²) in [6.07, 6.45) is 1.85. The Morgan fingerprint density at radius 1 is 0.977 bits per heavy atom. The third kappa shape index (κ3) is 11.3. The van der Waals surface area contributed by atoms with Gasteiger partial charge in [0.2, 0.25) is 17.7 Å². The van der Waals surface area contributed by atoms with Crippen molar-refractivity contribution < 1.29 is 33.8 Å². The van der Waals surface area contributed by atoms with Gasteiger partial charge >= 0.3 is 5.97 Å². The Labute approximate surface area is 262 Å². The van der Waals surface area contributed by atoms with Crippen LogP contribution in [0.15, 0.2) is 30.3 Å². The molecule has 0 radical (unpaired) electrons. The number of rotatable bonds is 17. The highest BCUT2D eigenvalue weighted by atomic mass is 16.5. The van der Waals surface area contributed by atoms with Crippen molar-refractivity contribution in [2.45, 2.75) is 118 Å². The number of hydrogen-bond acceptors (Lipinski definition) is 7. The summed E-state index contributed by atoms with van der Waals surface area (Å²) in [6.45, 7) is 13.4. The van der Waals surface area contributed by atoms with Gasteiger partial charge in [-0.25, -0.2) is 4.79 Å². The van der Waals surface area contributed by atoms with Crippen LogP contribution in [0.25, 0.3) is 0 Å². The summed E-state index contributed by atoms with van der Waals surface area (Å²) in [5, 5.41) is 15.8. The molecule has 6 atom stereocenters. The minimum Gasteiger partial charge on any atom is -0.459 e. The molecule has 10 heteroatoms. The number of esters is 1. The molecular weight excluding hydrogens is 562 g/mol. The first-order valence-corrected chi connectivity index (χ1v) is 16.1. The van der Waals surface area contributed by atoms with Crippen LogP contribution in [0.5, 0.6) is 0 Å². The molecule has 1 aliphatic rings. The van der Waals surface area contributed by atoms with E-state index in [-0.39, 0.29) is 36.7 Å². The second-order valence-electron chi connectivity index (χ2n) is 13.0. The quantitative estimate of drug-likeness (QED) is 0.179. The van der Waals surface area contributed by atoms with Gasteiger partial charge in [0.25, 0.3) is 0 Å². The van der Waals surface area contributed by atoms with E-state index in [1.54, 1.807) is 13.8 Å². The first kappa shape index (κ1) is 36.9. The summed E-state index contributed by atoms with van der Waals surface area (Å²) < 4.78 is 5.52. The number of benzene rings is 1. The minimum atomic E-state index is -1.14. The van der Waals surface area contributed by atoms with Crippen LogP contribution < -0.4 is 10.6 Å². The van der Waals surface area contributed by atoms with Gasteiger partial charge in [0.1, 0.15) is 18.7 Å². The van der Waals surface area contributed by atoms with E-state index in [0.29, 0.717) is 32.2 Å². The number of Topliss-reactive ketones (excluding diaryl/α,β-unsaturated/α-hetero) is 1. The van der Waals surface area contributed by atoms with Gasteiger partial charge in [0.05, 0.1) is 24.5 Å². The maximum absolute atomic E-state index is 13.7. The molecule has 2 rings (SSSR count). The van der Waals surface area contributed by atoms with E-state index < -0.39 is 53.7 Å². The van der Waals surface area contributed by atoms with E-state index in [9.17, 15) is 29.1 Å². The van der Waals surface area contributed by atoms with Crippen molar-refractivity contribution >= 4 is 29.5 Å². The molecule has 0 aliphatic carbocycles. The number of hydrogen-bond donors (Lipinski definition) is 3. The zero-order valence-electron chi connectivity index (χ0n) is 27.5. The molecule has 0 aromatic heterocycles. The highest BCUT2D eigenvalue weighted by Gasteiger charge is 2.40. The molecule has 10 nitrogen and oxygen atoms in total. The summed E-state index contributed by atoms with van der Waals surface area (Å²) in [5.74, 6) is -3.53. The molecule has 1 aromatic carbocycles. The minimum absolute atomic E-state index is 0.0471. The van der Waals surface area contributed by atoms with Crippen molar-refractivity contribution in [1.29, 1.82) is 0 Å². The Kier molecular flexibility index (Phi) is 15.0. The maximum Gasteiger partial charge on any atom is 0.329 e. The Morgan fingerprint density at radius 3 is 2.23 bits per heavy atom. The molecule has 0 saturated carbocycles. The molecule has 1 aromatic rings. The zero-order chi connectivity index (χ0) is 33.0. The van der Waals surface area contributed by atoms with Crippen molar-refractivity contribution in [3.63, 3.8) is 0 Å². The molecule has 1 saturated heterocycles. The number of likely N-dealkylation sites (tertiary alicyclic amines) is 1. The van der Waals surface area contributed by atoms with Gasteiger partial charge in [-0.15, -0.1) is 0 Å². The monoisotopic (exact) mass is 615 g/mol. The first-order valence-electron chi connectivity index (χ1n) is 16.1. The number of aliphatic hydroxyl groups is 1. The van der Waals surface area contributed by atoms with E-state index in [4.69, 9.17) is 4.74 Å². The number of nitrogens with one attached hydrogen (secondary N) is 2. The molecule has 1 fully saturated rings.